The molecule has 27 heavy (non-hydrogen) atoms. The number of Topliss-reactive ketones (excluding diaryl/α,β-unsaturated/α-hetero) is 1. The summed E-state index contributed by atoms with van der Waals surface area (Å²) in [6, 6.07) is 14.9. The van der Waals surface area contributed by atoms with Gasteiger partial charge in [0.2, 0.25) is 0 Å². The molecule has 0 fully saturated rings. The van der Waals surface area contributed by atoms with E-state index in [2.05, 4.69) is 0 Å². The van der Waals surface area contributed by atoms with Crippen molar-refractivity contribution in [3.05, 3.63) is 65.2 Å². The first kappa shape index (κ1) is 19.2. The molecule has 0 saturated heterocycles. The molecule has 2 aromatic carbocycles. The van der Waals surface area contributed by atoms with Gasteiger partial charge in [0.05, 0.1) is 20.1 Å². The van der Waals surface area contributed by atoms with Crippen LogP contribution < -0.4 is 9.47 Å². The summed E-state index contributed by atoms with van der Waals surface area (Å²) in [4.78, 5) is 13.1. The number of hydrogen-bond donors (Lipinski definition) is 1. The third-order valence-corrected chi connectivity index (χ3v) is 5.47. The van der Waals surface area contributed by atoms with E-state index in [1.807, 2.05) is 62.4 Å². The second-order valence-electron chi connectivity index (χ2n) is 6.76. The topological polar surface area (TPSA) is 55.8 Å². The molecule has 0 heterocycles. The number of aliphatic hydroxyl groups is 1. The number of hydrogen-bond acceptors (Lipinski definition) is 4. The summed E-state index contributed by atoms with van der Waals surface area (Å²) >= 11 is 0. The molecule has 4 nitrogen and oxygen atoms in total. The largest absolute Gasteiger partial charge is 0.497 e. The van der Waals surface area contributed by atoms with E-state index in [1.54, 1.807) is 14.2 Å². The van der Waals surface area contributed by atoms with Gasteiger partial charge in [-0.3, -0.25) is 4.79 Å². The van der Waals surface area contributed by atoms with Crippen LogP contribution in [0.5, 0.6) is 11.5 Å². The lowest BCUT2D eigenvalue weighted by Gasteiger charge is -2.33. The molecule has 0 spiro atoms. The van der Waals surface area contributed by atoms with Gasteiger partial charge >= 0.3 is 0 Å². The van der Waals surface area contributed by atoms with E-state index in [4.69, 9.17) is 9.47 Å². The number of carbonyl (C=O) groups excluding carboxylic acids is 1. The van der Waals surface area contributed by atoms with Gasteiger partial charge in [0.1, 0.15) is 17.1 Å². The summed E-state index contributed by atoms with van der Waals surface area (Å²) in [5.41, 5.74) is 1.59. The molecule has 2 atom stereocenters. The number of ketones is 1. The minimum atomic E-state index is -1.36. The summed E-state index contributed by atoms with van der Waals surface area (Å²) in [6.45, 7) is 3.91. The van der Waals surface area contributed by atoms with Crippen LogP contribution in [0.3, 0.4) is 0 Å². The van der Waals surface area contributed by atoms with Gasteiger partial charge in [0.15, 0.2) is 5.78 Å². The van der Waals surface area contributed by atoms with Gasteiger partial charge in [-0.1, -0.05) is 38.1 Å². The molecule has 1 N–H and O–H groups in total. The number of ether oxygens (including phenoxy) is 2. The van der Waals surface area contributed by atoms with Crippen molar-refractivity contribution in [3.63, 3.8) is 0 Å². The van der Waals surface area contributed by atoms with Crippen molar-refractivity contribution in [2.24, 2.45) is 5.92 Å². The van der Waals surface area contributed by atoms with E-state index in [0.717, 1.165) is 11.3 Å². The Bertz CT molecular complexity index is 849. The van der Waals surface area contributed by atoms with E-state index in [0.29, 0.717) is 35.3 Å². The molecule has 0 aromatic heterocycles. The fraction of sp³-hybridized carbons (Fsp3) is 0.348. The van der Waals surface area contributed by atoms with Crippen molar-refractivity contribution < 1.29 is 19.4 Å². The van der Waals surface area contributed by atoms with Gasteiger partial charge in [-0.05, 0) is 48.2 Å². The molecule has 4 heteroatoms. The predicted octanol–water partition coefficient (Wildman–Crippen LogP) is 4.36. The molecule has 3 rings (SSSR count). The van der Waals surface area contributed by atoms with E-state index < -0.39 is 11.5 Å². The first-order valence-electron chi connectivity index (χ1n) is 9.30. The van der Waals surface area contributed by atoms with E-state index in [-0.39, 0.29) is 5.78 Å². The number of allylic oxidation sites excluding steroid dienone is 1. The highest BCUT2D eigenvalue weighted by molar-refractivity contribution is 6.11. The SMILES string of the molecule is CCC1=C(c2ccc(OC)cc2)[C@@](O)(c2ccc(OC)cc2)[C@@H](CC)C1=O. The standard InChI is InChI=1S/C23H26O4/c1-5-19-21(15-7-11-17(26-3)12-8-15)23(25,20(6-2)22(19)24)16-9-13-18(27-4)14-10-16/h7-14,20,25H,5-6H2,1-4H3/t20-,23+/m0/s1. The number of carbonyl (C=O) groups is 1. The Morgan fingerprint density at radius 2 is 1.44 bits per heavy atom. The van der Waals surface area contributed by atoms with Crippen LogP contribution in [0.25, 0.3) is 5.57 Å². The molecule has 2 aromatic rings. The maximum atomic E-state index is 13.1. The van der Waals surface area contributed by atoms with Crippen LogP contribution in [0.1, 0.15) is 37.8 Å². The van der Waals surface area contributed by atoms with Crippen LogP contribution in [0.2, 0.25) is 0 Å². The number of benzene rings is 2. The van der Waals surface area contributed by atoms with Crippen LogP contribution >= 0.6 is 0 Å². The molecule has 0 radical (unpaired) electrons. The molecule has 0 bridgehead atoms. The average Bonchev–Trinajstić information content (AvgIpc) is 2.94. The van der Waals surface area contributed by atoms with E-state index >= 15 is 0 Å². The fourth-order valence-electron chi connectivity index (χ4n) is 4.10. The molecule has 0 saturated carbocycles. The molecular formula is C23H26O4. The van der Waals surface area contributed by atoms with Crippen LogP contribution in [0.4, 0.5) is 0 Å². The fourth-order valence-corrected chi connectivity index (χ4v) is 4.10. The Labute approximate surface area is 160 Å². The van der Waals surface area contributed by atoms with Crippen molar-refractivity contribution in [3.8, 4) is 11.5 Å². The van der Waals surface area contributed by atoms with Crippen molar-refractivity contribution in [2.45, 2.75) is 32.3 Å². The minimum absolute atomic E-state index is 0.0316. The highest BCUT2D eigenvalue weighted by Gasteiger charge is 2.52. The highest BCUT2D eigenvalue weighted by Crippen LogP contribution is 2.52. The second kappa shape index (κ2) is 7.57. The first-order chi connectivity index (χ1) is 13.0. The van der Waals surface area contributed by atoms with Gasteiger partial charge in [0.25, 0.3) is 0 Å². The maximum absolute atomic E-state index is 13.1. The number of rotatable bonds is 6. The predicted molar refractivity (Wildman–Crippen MR) is 106 cm³/mol. The van der Waals surface area contributed by atoms with Crippen molar-refractivity contribution in [1.82, 2.24) is 0 Å². The molecule has 1 aliphatic carbocycles. The van der Waals surface area contributed by atoms with Gasteiger partial charge < -0.3 is 14.6 Å². The lowest BCUT2D eigenvalue weighted by atomic mass is 9.76. The van der Waals surface area contributed by atoms with Gasteiger partial charge in [-0.2, -0.15) is 0 Å². The first-order valence-corrected chi connectivity index (χ1v) is 9.30. The van der Waals surface area contributed by atoms with Gasteiger partial charge in [-0.25, -0.2) is 0 Å². The van der Waals surface area contributed by atoms with E-state index in [1.165, 1.54) is 0 Å². The Hall–Kier alpha value is -2.59. The average molecular weight is 366 g/mol. The molecule has 142 valence electrons. The summed E-state index contributed by atoms with van der Waals surface area (Å²) in [7, 11) is 3.22. The van der Waals surface area contributed by atoms with Crippen LogP contribution in [-0.4, -0.2) is 25.1 Å². The Morgan fingerprint density at radius 3 is 1.89 bits per heavy atom. The zero-order valence-corrected chi connectivity index (χ0v) is 16.3. The Morgan fingerprint density at radius 1 is 0.926 bits per heavy atom. The molecular weight excluding hydrogens is 340 g/mol. The van der Waals surface area contributed by atoms with Crippen LogP contribution in [0.15, 0.2) is 54.1 Å². The molecule has 0 unspecified atom stereocenters. The summed E-state index contributed by atoms with van der Waals surface area (Å²) in [6.07, 6.45) is 1.14. The number of methoxy groups -OCH3 is 2. The molecule has 0 amide bonds. The summed E-state index contributed by atoms with van der Waals surface area (Å²) < 4.78 is 10.5. The Balaban J connectivity index is 2.22. The molecule has 0 aliphatic heterocycles. The highest BCUT2D eigenvalue weighted by atomic mass is 16.5. The van der Waals surface area contributed by atoms with Gasteiger partial charge in [0, 0.05) is 11.1 Å². The summed E-state index contributed by atoms with van der Waals surface area (Å²) in [5.74, 6) is 0.981. The van der Waals surface area contributed by atoms with Crippen molar-refractivity contribution >= 4 is 11.4 Å². The zero-order chi connectivity index (χ0) is 19.6. The van der Waals surface area contributed by atoms with Crippen molar-refractivity contribution in [1.29, 1.82) is 0 Å². The third kappa shape index (κ3) is 3.04. The van der Waals surface area contributed by atoms with E-state index in [9.17, 15) is 9.90 Å². The lowest BCUT2D eigenvalue weighted by molar-refractivity contribution is -0.123. The summed E-state index contributed by atoms with van der Waals surface area (Å²) in [5, 5.41) is 11.9. The van der Waals surface area contributed by atoms with Crippen LogP contribution in [0, 0.1) is 5.92 Å². The quantitative estimate of drug-likeness (QED) is 0.825. The van der Waals surface area contributed by atoms with Crippen LogP contribution in [-0.2, 0) is 10.4 Å². The Kier molecular flexibility index (Phi) is 5.38. The van der Waals surface area contributed by atoms with Crippen molar-refractivity contribution in [2.75, 3.05) is 14.2 Å². The normalized spacial score (nSPS) is 22.3. The maximum Gasteiger partial charge on any atom is 0.165 e. The zero-order valence-electron chi connectivity index (χ0n) is 16.3. The minimum Gasteiger partial charge on any atom is -0.497 e. The second-order valence-corrected chi connectivity index (χ2v) is 6.76. The lowest BCUT2D eigenvalue weighted by Crippen LogP contribution is -2.35. The molecule has 1 aliphatic rings. The van der Waals surface area contributed by atoms with Gasteiger partial charge in [-0.15, -0.1) is 0 Å². The smallest absolute Gasteiger partial charge is 0.165 e. The third-order valence-electron chi connectivity index (χ3n) is 5.47. The monoisotopic (exact) mass is 366 g/mol.